The lowest BCUT2D eigenvalue weighted by atomic mass is 9.88. The van der Waals surface area contributed by atoms with Crippen molar-refractivity contribution in [3.05, 3.63) is 33.8 Å². The maximum atomic E-state index is 6.14. The van der Waals surface area contributed by atoms with Gasteiger partial charge in [-0.2, -0.15) is 0 Å². The van der Waals surface area contributed by atoms with Crippen molar-refractivity contribution in [1.29, 1.82) is 0 Å². The third-order valence-electron chi connectivity index (χ3n) is 3.41. The molecule has 1 atom stereocenters. The molecular weight excluding hydrogens is 291 g/mol. The Morgan fingerprint density at radius 3 is 2.44 bits per heavy atom. The molecule has 1 aromatic rings. The molecule has 0 aromatic heterocycles. The zero-order valence-corrected chi connectivity index (χ0v) is 13.3. The minimum absolute atomic E-state index is 0. The molecule has 0 saturated carbocycles. The van der Waals surface area contributed by atoms with Crippen molar-refractivity contribution in [2.45, 2.75) is 32.9 Å². The minimum Gasteiger partial charge on any atom is -0.329 e. The first-order valence-corrected chi connectivity index (χ1v) is 6.54. The van der Waals surface area contributed by atoms with Crippen LogP contribution in [0, 0.1) is 5.92 Å². The van der Waals surface area contributed by atoms with Gasteiger partial charge in [-0.05, 0) is 24.5 Å². The molecule has 0 saturated heterocycles. The van der Waals surface area contributed by atoms with Crippen molar-refractivity contribution < 1.29 is 0 Å². The molecule has 18 heavy (non-hydrogen) atoms. The van der Waals surface area contributed by atoms with Gasteiger partial charge in [0.25, 0.3) is 0 Å². The van der Waals surface area contributed by atoms with Crippen LogP contribution >= 0.6 is 35.6 Å². The molecule has 0 aliphatic heterocycles. The first-order chi connectivity index (χ1) is 7.90. The van der Waals surface area contributed by atoms with Crippen molar-refractivity contribution in [2.24, 2.45) is 11.7 Å². The molecule has 104 valence electrons. The van der Waals surface area contributed by atoms with Gasteiger partial charge < -0.3 is 11.1 Å². The molecular formula is C13H21Cl3N2. The van der Waals surface area contributed by atoms with Gasteiger partial charge in [-0.25, -0.2) is 0 Å². The molecule has 0 fully saturated rings. The van der Waals surface area contributed by atoms with Crippen molar-refractivity contribution in [1.82, 2.24) is 5.32 Å². The van der Waals surface area contributed by atoms with E-state index < -0.39 is 0 Å². The van der Waals surface area contributed by atoms with Gasteiger partial charge in [-0.1, -0.05) is 49.2 Å². The molecule has 0 aliphatic carbocycles. The fourth-order valence-corrected chi connectivity index (χ4v) is 1.88. The van der Waals surface area contributed by atoms with Gasteiger partial charge in [0.2, 0.25) is 0 Å². The highest BCUT2D eigenvalue weighted by molar-refractivity contribution is 6.42. The Labute approximate surface area is 126 Å². The Morgan fingerprint density at radius 1 is 1.33 bits per heavy atom. The molecule has 5 heteroatoms. The van der Waals surface area contributed by atoms with Gasteiger partial charge in [0.15, 0.2) is 0 Å². The third-order valence-corrected chi connectivity index (χ3v) is 4.27. The average Bonchev–Trinajstić information content (AvgIpc) is 2.30. The third kappa shape index (κ3) is 4.29. The van der Waals surface area contributed by atoms with E-state index in [0.717, 1.165) is 5.56 Å². The van der Waals surface area contributed by atoms with E-state index in [2.05, 4.69) is 26.1 Å². The van der Waals surface area contributed by atoms with E-state index in [1.807, 2.05) is 12.1 Å². The van der Waals surface area contributed by atoms with E-state index in [9.17, 15) is 0 Å². The van der Waals surface area contributed by atoms with Crippen LogP contribution in [0.3, 0.4) is 0 Å². The van der Waals surface area contributed by atoms with Crippen molar-refractivity contribution in [2.75, 3.05) is 6.54 Å². The zero-order chi connectivity index (χ0) is 13.1. The topological polar surface area (TPSA) is 38.0 Å². The van der Waals surface area contributed by atoms with E-state index in [-0.39, 0.29) is 17.9 Å². The van der Waals surface area contributed by atoms with Gasteiger partial charge in [-0.15, -0.1) is 12.4 Å². The molecule has 0 radical (unpaired) electrons. The van der Waals surface area contributed by atoms with Crippen LogP contribution < -0.4 is 11.1 Å². The molecule has 0 aliphatic rings. The number of benzene rings is 1. The predicted molar refractivity (Wildman–Crippen MR) is 82.8 cm³/mol. The van der Waals surface area contributed by atoms with Crippen LogP contribution in [0.1, 0.15) is 26.3 Å². The molecule has 1 rings (SSSR count). The summed E-state index contributed by atoms with van der Waals surface area (Å²) in [5.74, 6) is 0.449. The van der Waals surface area contributed by atoms with Gasteiger partial charge in [0, 0.05) is 18.6 Å². The Hall–Kier alpha value is 0.01000. The molecule has 1 aromatic carbocycles. The van der Waals surface area contributed by atoms with Crippen molar-refractivity contribution >= 4 is 35.6 Å². The fraction of sp³-hybridized carbons (Fsp3) is 0.538. The number of nitrogens with one attached hydrogen (secondary N) is 1. The average molecular weight is 312 g/mol. The highest BCUT2D eigenvalue weighted by atomic mass is 35.5. The molecule has 0 amide bonds. The largest absolute Gasteiger partial charge is 0.329 e. The van der Waals surface area contributed by atoms with Gasteiger partial charge >= 0.3 is 0 Å². The van der Waals surface area contributed by atoms with Crippen molar-refractivity contribution in [3.8, 4) is 0 Å². The second-order valence-electron chi connectivity index (χ2n) is 4.84. The Balaban J connectivity index is 0.00000289. The number of halogens is 3. The summed E-state index contributed by atoms with van der Waals surface area (Å²) < 4.78 is 0. The Kier molecular flexibility index (Phi) is 7.57. The van der Waals surface area contributed by atoms with Crippen LogP contribution in [0.5, 0.6) is 0 Å². The summed E-state index contributed by atoms with van der Waals surface area (Å²) in [6, 6.07) is 5.66. The minimum atomic E-state index is -0.0916. The van der Waals surface area contributed by atoms with Crippen LogP contribution in [-0.2, 0) is 6.54 Å². The summed E-state index contributed by atoms with van der Waals surface area (Å²) in [5.41, 5.74) is 6.73. The monoisotopic (exact) mass is 310 g/mol. The highest BCUT2D eigenvalue weighted by Crippen LogP contribution is 2.26. The molecule has 1 unspecified atom stereocenters. The molecule has 2 nitrogen and oxygen atoms in total. The summed E-state index contributed by atoms with van der Waals surface area (Å²) in [5, 5.41) is 4.66. The molecule has 3 N–H and O–H groups in total. The fourth-order valence-electron chi connectivity index (χ4n) is 1.49. The summed E-state index contributed by atoms with van der Waals surface area (Å²) >= 11 is 12.1. The van der Waals surface area contributed by atoms with Crippen LogP contribution in [0.4, 0.5) is 0 Å². The second kappa shape index (κ2) is 7.56. The Bertz CT molecular complexity index is 382. The second-order valence-corrected chi connectivity index (χ2v) is 5.63. The number of rotatable bonds is 5. The maximum absolute atomic E-state index is 6.14. The van der Waals surface area contributed by atoms with Gasteiger partial charge in [0.05, 0.1) is 10.0 Å². The first-order valence-electron chi connectivity index (χ1n) is 5.78. The van der Waals surface area contributed by atoms with Crippen molar-refractivity contribution in [3.63, 3.8) is 0 Å². The lowest BCUT2D eigenvalue weighted by Crippen LogP contribution is -2.52. The van der Waals surface area contributed by atoms with E-state index in [1.54, 1.807) is 6.07 Å². The molecule has 0 heterocycles. The zero-order valence-electron chi connectivity index (χ0n) is 11.0. The van der Waals surface area contributed by atoms with Crippen LogP contribution in [0.25, 0.3) is 0 Å². The molecule has 0 bridgehead atoms. The van der Waals surface area contributed by atoms with E-state index in [4.69, 9.17) is 28.9 Å². The van der Waals surface area contributed by atoms with E-state index in [0.29, 0.717) is 29.1 Å². The quantitative estimate of drug-likeness (QED) is 0.866. The van der Waals surface area contributed by atoms with E-state index >= 15 is 0 Å². The standard InChI is InChI=1S/C13H20Cl2N2.ClH/c1-9(2)13(3,8-16)17-7-10-5-4-6-11(14)12(10)15;/h4-6,9,17H,7-8,16H2,1-3H3;1H. The van der Waals surface area contributed by atoms with Gasteiger partial charge in [0.1, 0.15) is 0 Å². The van der Waals surface area contributed by atoms with Gasteiger partial charge in [-0.3, -0.25) is 0 Å². The number of hydrogen-bond donors (Lipinski definition) is 2. The SMILES string of the molecule is CC(C)C(C)(CN)NCc1cccc(Cl)c1Cl.Cl. The van der Waals surface area contributed by atoms with Crippen LogP contribution in [0.15, 0.2) is 18.2 Å². The van der Waals surface area contributed by atoms with E-state index in [1.165, 1.54) is 0 Å². The lowest BCUT2D eigenvalue weighted by molar-refractivity contribution is 0.267. The maximum Gasteiger partial charge on any atom is 0.0637 e. The summed E-state index contributed by atoms with van der Waals surface area (Å²) in [7, 11) is 0. The normalized spacial score (nSPS) is 14.2. The smallest absolute Gasteiger partial charge is 0.0637 e. The first kappa shape index (κ1) is 18.0. The Morgan fingerprint density at radius 2 is 1.94 bits per heavy atom. The summed E-state index contributed by atoms with van der Waals surface area (Å²) in [4.78, 5) is 0. The summed E-state index contributed by atoms with van der Waals surface area (Å²) in [6.45, 7) is 7.68. The van der Waals surface area contributed by atoms with Crippen LogP contribution in [0.2, 0.25) is 10.0 Å². The predicted octanol–water partition coefficient (Wildman–Crippen LogP) is 3.88. The highest BCUT2D eigenvalue weighted by Gasteiger charge is 2.25. The lowest BCUT2D eigenvalue weighted by Gasteiger charge is -2.34. The molecule has 0 spiro atoms. The summed E-state index contributed by atoms with van der Waals surface area (Å²) in [6.07, 6.45) is 0. The number of hydrogen-bond acceptors (Lipinski definition) is 2. The van der Waals surface area contributed by atoms with Crippen LogP contribution in [-0.4, -0.2) is 12.1 Å². The number of nitrogens with two attached hydrogens (primary N) is 1.